The van der Waals surface area contributed by atoms with Crippen molar-refractivity contribution in [1.82, 2.24) is 9.71 Å². The summed E-state index contributed by atoms with van der Waals surface area (Å²) in [6, 6.07) is 4.49. The van der Waals surface area contributed by atoms with Gasteiger partial charge in [0.25, 0.3) is 0 Å². The van der Waals surface area contributed by atoms with Crippen LogP contribution in [0.3, 0.4) is 0 Å². The number of hydrogen-bond acceptors (Lipinski definition) is 5. The Morgan fingerprint density at radius 1 is 1.47 bits per heavy atom. The summed E-state index contributed by atoms with van der Waals surface area (Å²) in [5, 5.41) is 2.74. The van der Waals surface area contributed by atoms with E-state index >= 15 is 0 Å². The third-order valence-electron chi connectivity index (χ3n) is 2.39. The van der Waals surface area contributed by atoms with Crippen molar-refractivity contribution < 1.29 is 8.42 Å². The second kappa shape index (κ2) is 5.58. The molecule has 0 spiro atoms. The van der Waals surface area contributed by atoms with Gasteiger partial charge in [0.15, 0.2) is 0 Å². The van der Waals surface area contributed by atoms with E-state index in [2.05, 4.69) is 25.6 Å². The lowest BCUT2D eigenvalue weighted by Gasteiger charge is -2.07. The van der Waals surface area contributed by atoms with Gasteiger partial charge >= 0.3 is 0 Å². The molecule has 0 aliphatic rings. The summed E-state index contributed by atoms with van der Waals surface area (Å²) >= 11 is 4.70. The predicted octanol–water partition coefficient (Wildman–Crippen LogP) is 2.27. The summed E-state index contributed by atoms with van der Waals surface area (Å²) in [7, 11) is -3.56. The fourth-order valence-corrected chi connectivity index (χ4v) is 3.58. The molecule has 102 valence electrons. The molecule has 0 saturated heterocycles. The maximum Gasteiger partial charge on any atom is 0.240 e. The number of nitrogen functional groups attached to an aromatic ring is 1. The minimum absolute atomic E-state index is 0.167. The fourth-order valence-electron chi connectivity index (χ4n) is 1.42. The van der Waals surface area contributed by atoms with Gasteiger partial charge in [-0.15, -0.1) is 11.3 Å². The molecule has 0 fully saturated rings. The second-order valence-electron chi connectivity index (χ2n) is 3.87. The van der Waals surface area contributed by atoms with E-state index in [9.17, 15) is 8.42 Å². The lowest BCUT2D eigenvalue weighted by molar-refractivity contribution is 0.580. The number of anilines is 1. The van der Waals surface area contributed by atoms with Crippen LogP contribution in [0, 0.1) is 6.92 Å². The van der Waals surface area contributed by atoms with Gasteiger partial charge in [0.2, 0.25) is 10.0 Å². The maximum atomic E-state index is 12.1. The van der Waals surface area contributed by atoms with E-state index < -0.39 is 10.0 Å². The number of nitrogens with zero attached hydrogens (tertiary/aromatic N) is 1. The molecule has 0 saturated carbocycles. The van der Waals surface area contributed by atoms with Crippen molar-refractivity contribution in [2.75, 3.05) is 5.73 Å². The van der Waals surface area contributed by atoms with Crippen LogP contribution in [0.15, 0.2) is 32.9 Å². The van der Waals surface area contributed by atoms with Crippen LogP contribution in [-0.4, -0.2) is 13.4 Å². The molecule has 0 unspecified atom stereocenters. The SMILES string of the molecule is Cc1nc(CNS(=O)(=O)c2ccc(N)c(Br)c2)cs1. The Morgan fingerprint density at radius 3 is 2.79 bits per heavy atom. The zero-order valence-electron chi connectivity index (χ0n) is 10.1. The zero-order valence-corrected chi connectivity index (χ0v) is 13.3. The van der Waals surface area contributed by atoms with Crippen LogP contribution in [0.4, 0.5) is 5.69 Å². The first-order chi connectivity index (χ1) is 8.88. The van der Waals surface area contributed by atoms with Crippen LogP contribution < -0.4 is 10.5 Å². The molecule has 0 bridgehead atoms. The van der Waals surface area contributed by atoms with E-state index in [0.29, 0.717) is 15.9 Å². The molecular formula is C11H12BrN3O2S2. The van der Waals surface area contributed by atoms with E-state index in [1.165, 1.54) is 23.5 Å². The van der Waals surface area contributed by atoms with Gasteiger partial charge in [-0.1, -0.05) is 0 Å². The molecule has 2 rings (SSSR count). The highest BCUT2D eigenvalue weighted by atomic mass is 79.9. The summed E-state index contributed by atoms with van der Waals surface area (Å²) in [6.07, 6.45) is 0. The molecule has 0 radical (unpaired) electrons. The highest BCUT2D eigenvalue weighted by Crippen LogP contribution is 2.23. The van der Waals surface area contributed by atoms with E-state index in [1.54, 1.807) is 6.07 Å². The zero-order chi connectivity index (χ0) is 14.0. The topological polar surface area (TPSA) is 85.1 Å². The number of hydrogen-bond donors (Lipinski definition) is 2. The van der Waals surface area contributed by atoms with E-state index in [-0.39, 0.29) is 11.4 Å². The van der Waals surface area contributed by atoms with Gasteiger partial charge in [0, 0.05) is 15.5 Å². The minimum Gasteiger partial charge on any atom is -0.398 e. The van der Waals surface area contributed by atoms with Crippen molar-refractivity contribution in [3.63, 3.8) is 0 Å². The highest BCUT2D eigenvalue weighted by molar-refractivity contribution is 9.10. The number of nitrogens with two attached hydrogens (primary N) is 1. The molecule has 0 atom stereocenters. The van der Waals surface area contributed by atoms with Crippen LogP contribution in [0.25, 0.3) is 0 Å². The maximum absolute atomic E-state index is 12.1. The third-order valence-corrected chi connectivity index (χ3v) is 5.30. The number of rotatable bonds is 4. The number of thiazole rings is 1. The largest absolute Gasteiger partial charge is 0.398 e. The number of aromatic nitrogens is 1. The van der Waals surface area contributed by atoms with Crippen molar-refractivity contribution in [1.29, 1.82) is 0 Å². The van der Waals surface area contributed by atoms with Gasteiger partial charge in [0.1, 0.15) is 0 Å². The number of nitrogens with one attached hydrogen (secondary N) is 1. The Morgan fingerprint density at radius 2 is 2.21 bits per heavy atom. The van der Waals surface area contributed by atoms with Crippen molar-refractivity contribution >= 4 is 43.0 Å². The first kappa shape index (κ1) is 14.4. The van der Waals surface area contributed by atoms with Gasteiger partial charge in [-0.25, -0.2) is 18.1 Å². The highest BCUT2D eigenvalue weighted by Gasteiger charge is 2.15. The average Bonchev–Trinajstić information content (AvgIpc) is 2.76. The molecule has 0 amide bonds. The predicted molar refractivity (Wildman–Crippen MR) is 79.4 cm³/mol. The van der Waals surface area contributed by atoms with Crippen LogP contribution in [-0.2, 0) is 16.6 Å². The first-order valence-electron chi connectivity index (χ1n) is 5.34. The molecule has 5 nitrogen and oxygen atoms in total. The fraction of sp³-hybridized carbons (Fsp3) is 0.182. The molecular weight excluding hydrogens is 350 g/mol. The molecule has 2 aromatic rings. The third kappa shape index (κ3) is 3.53. The van der Waals surface area contributed by atoms with Crippen LogP contribution in [0.5, 0.6) is 0 Å². The van der Waals surface area contributed by atoms with Crippen molar-refractivity contribution in [3.05, 3.63) is 38.8 Å². The van der Waals surface area contributed by atoms with E-state index in [0.717, 1.165) is 5.01 Å². The Hall–Kier alpha value is -0.960. The molecule has 3 N–H and O–H groups in total. The van der Waals surface area contributed by atoms with Crippen molar-refractivity contribution in [2.24, 2.45) is 0 Å². The molecule has 1 aromatic carbocycles. The Bertz CT molecular complexity index is 698. The summed E-state index contributed by atoms with van der Waals surface area (Å²) in [6.45, 7) is 2.05. The van der Waals surface area contributed by atoms with Crippen LogP contribution in [0.2, 0.25) is 0 Å². The van der Waals surface area contributed by atoms with Gasteiger partial charge in [-0.3, -0.25) is 0 Å². The lowest BCUT2D eigenvalue weighted by Crippen LogP contribution is -2.23. The number of sulfonamides is 1. The smallest absolute Gasteiger partial charge is 0.240 e. The molecule has 1 aromatic heterocycles. The van der Waals surface area contributed by atoms with Gasteiger partial charge < -0.3 is 5.73 Å². The molecule has 0 aliphatic heterocycles. The average molecular weight is 362 g/mol. The summed E-state index contributed by atoms with van der Waals surface area (Å²) in [5.41, 5.74) is 6.83. The van der Waals surface area contributed by atoms with Gasteiger partial charge in [-0.05, 0) is 41.1 Å². The van der Waals surface area contributed by atoms with E-state index in [1.807, 2.05) is 12.3 Å². The van der Waals surface area contributed by atoms with Crippen LogP contribution >= 0.6 is 27.3 Å². The Kier molecular flexibility index (Phi) is 4.24. The minimum atomic E-state index is -3.56. The molecule has 19 heavy (non-hydrogen) atoms. The van der Waals surface area contributed by atoms with Crippen molar-refractivity contribution in [2.45, 2.75) is 18.4 Å². The van der Waals surface area contributed by atoms with E-state index in [4.69, 9.17) is 5.73 Å². The summed E-state index contributed by atoms with van der Waals surface area (Å²) < 4.78 is 27.2. The van der Waals surface area contributed by atoms with Crippen LogP contribution in [0.1, 0.15) is 10.7 Å². The quantitative estimate of drug-likeness (QED) is 0.818. The number of halogens is 1. The Balaban J connectivity index is 2.16. The molecule has 8 heteroatoms. The van der Waals surface area contributed by atoms with Gasteiger partial charge in [-0.2, -0.15) is 0 Å². The standard InChI is InChI=1S/C11H12BrN3O2S2/c1-7-15-8(6-18-7)5-14-19(16,17)9-2-3-11(13)10(12)4-9/h2-4,6,14H,5,13H2,1H3. The monoisotopic (exact) mass is 361 g/mol. The number of benzene rings is 1. The lowest BCUT2D eigenvalue weighted by atomic mass is 10.3. The molecule has 0 aliphatic carbocycles. The normalized spacial score (nSPS) is 11.7. The number of aryl methyl sites for hydroxylation is 1. The first-order valence-corrected chi connectivity index (χ1v) is 8.50. The van der Waals surface area contributed by atoms with Gasteiger partial charge in [0.05, 0.1) is 22.1 Å². The summed E-state index contributed by atoms with van der Waals surface area (Å²) in [4.78, 5) is 4.37. The van der Waals surface area contributed by atoms with Crippen molar-refractivity contribution in [3.8, 4) is 0 Å². The summed E-state index contributed by atoms with van der Waals surface area (Å²) in [5.74, 6) is 0. The molecule has 1 heterocycles. The Labute approximate surface area is 124 Å². The second-order valence-corrected chi connectivity index (χ2v) is 7.55.